The van der Waals surface area contributed by atoms with E-state index in [1.165, 1.54) is 0 Å². The molecule has 0 atom stereocenters. The second kappa shape index (κ2) is 4.90. The van der Waals surface area contributed by atoms with Gasteiger partial charge in [0.15, 0.2) is 0 Å². The summed E-state index contributed by atoms with van der Waals surface area (Å²) in [5, 5.41) is 5.15. The minimum absolute atomic E-state index is 0.508. The lowest BCUT2D eigenvalue weighted by Gasteiger charge is -2.05. The highest BCUT2D eigenvalue weighted by molar-refractivity contribution is 6.33. The first kappa shape index (κ1) is 12.1. The minimum atomic E-state index is 0.508. The van der Waals surface area contributed by atoms with Crippen LogP contribution in [0.4, 0.5) is 0 Å². The van der Waals surface area contributed by atoms with Crippen molar-refractivity contribution < 1.29 is 0 Å². The maximum Gasteiger partial charge on any atom is 0.0700 e. The molecule has 2 N–H and O–H groups in total. The first-order chi connectivity index (χ1) is 8.15. The van der Waals surface area contributed by atoms with E-state index in [1.807, 2.05) is 36.1 Å². The fourth-order valence-corrected chi connectivity index (χ4v) is 2.23. The Morgan fingerprint density at radius 1 is 1.35 bits per heavy atom. The average molecular weight is 250 g/mol. The molecule has 17 heavy (non-hydrogen) atoms. The van der Waals surface area contributed by atoms with Gasteiger partial charge in [0.25, 0.3) is 0 Å². The zero-order valence-electron chi connectivity index (χ0n) is 10.1. The monoisotopic (exact) mass is 249 g/mol. The van der Waals surface area contributed by atoms with Crippen LogP contribution >= 0.6 is 11.6 Å². The van der Waals surface area contributed by atoms with Crippen molar-refractivity contribution in [3.05, 3.63) is 40.7 Å². The molecule has 0 unspecified atom stereocenters. The summed E-state index contributed by atoms with van der Waals surface area (Å²) in [6.45, 7) is 2.60. The highest BCUT2D eigenvalue weighted by Crippen LogP contribution is 2.31. The molecule has 4 heteroatoms. The number of halogens is 1. The fourth-order valence-electron chi connectivity index (χ4n) is 1.92. The number of rotatable bonds is 3. The van der Waals surface area contributed by atoms with E-state index in [4.69, 9.17) is 17.3 Å². The van der Waals surface area contributed by atoms with Crippen molar-refractivity contribution in [1.29, 1.82) is 0 Å². The van der Waals surface area contributed by atoms with Gasteiger partial charge in [0.05, 0.1) is 5.69 Å². The van der Waals surface area contributed by atoms with Gasteiger partial charge in [0, 0.05) is 35.9 Å². The van der Waals surface area contributed by atoms with E-state index < -0.39 is 0 Å². The standard InChI is InChI=1S/C13H16ClN3/c1-3-13-11(8-17(2)16-13)10-5-4-9(7-15)6-12(10)14/h4-6,8H,3,7,15H2,1-2H3. The number of benzene rings is 1. The zero-order valence-corrected chi connectivity index (χ0v) is 10.8. The molecule has 2 aromatic rings. The van der Waals surface area contributed by atoms with Crippen molar-refractivity contribution in [2.75, 3.05) is 0 Å². The third kappa shape index (κ3) is 2.35. The van der Waals surface area contributed by atoms with E-state index in [-0.39, 0.29) is 0 Å². The molecule has 0 amide bonds. The predicted molar refractivity (Wildman–Crippen MR) is 70.9 cm³/mol. The van der Waals surface area contributed by atoms with E-state index in [2.05, 4.69) is 12.0 Å². The van der Waals surface area contributed by atoms with Crippen molar-refractivity contribution in [3.8, 4) is 11.1 Å². The Morgan fingerprint density at radius 2 is 2.12 bits per heavy atom. The molecule has 0 saturated heterocycles. The first-order valence-electron chi connectivity index (χ1n) is 5.67. The molecule has 0 bridgehead atoms. The van der Waals surface area contributed by atoms with Crippen molar-refractivity contribution in [2.45, 2.75) is 19.9 Å². The van der Waals surface area contributed by atoms with Crippen LogP contribution in [0.15, 0.2) is 24.4 Å². The second-order valence-corrected chi connectivity index (χ2v) is 4.44. The lowest BCUT2D eigenvalue weighted by Crippen LogP contribution is -1.96. The van der Waals surface area contributed by atoms with Crippen molar-refractivity contribution in [1.82, 2.24) is 9.78 Å². The van der Waals surface area contributed by atoms with E-state index in [0.717, 1.165) is 33.8 Å². The lowest BCUT2D eigenvalue weighted by atomic mass is 10.0. The number of aromatic nitrogens is 2. The van der Waals surface area contributed by atoms with Gasteiger partial charge < -0.3 is 5.73 Å². The van der Waals surface area contributed by atoms with Gasteiger partial charge in [-0.2, -0.15) is 5.10 Å². The van der Waals surface area contributed by atoms with Crippen LogP contribution in [-0.4, -0.2) is 9.78 Å². The third-order valence-electron chi connectivity index (χ3n) is 2.80. The smallest absolute Gasteiger partial charge is 0.0700 e. The molecule has 1 aromatic carbocycles. The predicted octanol–water partition coefficient (Wildman–Crippen LogP) is 2.76. The van der Waals surface area contributed by atoms with Crippen LogP contribution in [0.3, 0.4) is 0 Å². The molecule has 1 heterocycles. The molecule has 0 fully saturated rings. The van der Waals surface area contributed by atoms with Crippen LogP contribution in [-0.2, 0) is 20.0 Å². The largest absolute Gasteiger partial charge is 0.326 e. The molecular formula is C13H16ClN3. The minimum Gasteiger partial charge on any atom is -0.326 e. The molecule has 3 nitrogen and oxygen atoms in total. The highest BCUT2D eigenvalue weighted by Gasteiger charge is 2.11. The first-order valence-corrected chi connectivity index (χ1v) is 6.05. The van der Waals surface area contributed by atoms with Crippen LogP contribution in [0.5, 0.6) is 0 Å². The average Bonchev–Trinajstić information content (AvgIpc) is 2.70. The molecule has 2 rings (SSSR count). The Balaban J connectivity index is 2.52. The second-order valence-electron chi connectivity index (χ2n) is 4.04. The van der Waals surface area contributed by atoms with Gasteiger partial charge in [0.1, 0.15) is 0 Å². The Bertz CT molecular complexity index is 531. The molecule has 0 spiro atoms. The van der Waals surface area contributed by atoms with Crippen molar-refractivity contribution in [2.24, 2.45) is 12.8 Å². The van der Waals surface area contributed by atoms with Gasteiger partial charge in [-0.3, -0.25) is 4.68 Å². The van der Waals surface area contributed by atoms with Gasteiger partial charge in [-0.15, -0.1) is 0 Å². The molecular weight excluding hydrogens is 234 g/mol. The Hall–Kier alpha value is -1.32. The van der Waals surface area contributed by atoms with Crippen LogP contribution in [0.2, 0.25) is 5.02 Å². The molecule has 0 aliphatic rings. The highest BCUT2D eigenvalue weighted by atomic mass is 35.5. The van der Waals surface area contributed by atoms with Gasteiger partial charge in [-0.1, -0.05) is 30.7 Å². The number of hydrogen-bond donors (Lipinski definition) is 1. The Kier molecular flexibility index (Phi) is 3.50. The number of hydrogen-bond acceptors (Lipinski definition) is 2. The van der Waals surface area contributed by atoms with Crippen molar-refractivity contribution >= 4 is 11.6 Å². The zero-order chi connectivity index (χ0) is 12.4. The molecule has 90 valence electrons. The topological polar surface area (TPSA) is 43.8 Å². The summed E-state index contributed by atoms with van der Waals surface area (Å²) >= 11 is 6.29. The van der Waals surface area contributed by atoms with E-state index in [9.17, 15) is 0 Å². The quantitative estimate of drug-likeness (QED) is 0.909. The van der Waals surface area contributed by atoms with Gasteiger partial charge in [-0.25, -0.2) is 0 Å². The van der Waals surface area contributed by atoms with Gasteiger partial charge in [0.2, 0.25) is 0 Å². The lowest BCUT2D eigenvalue weighted by molar-refractivity contribution is 0.746. The number of nitrogens with zero attached hydrogens (tertiary/aromatic N) is 2. The maximum absolute atomic E-state index is 6.29. The normalized spacial score (nSPS) is 10.8. The summed E-state index contributed by atoms with van der Waals surface area (Å²) in [4.78, 5) is 0. The van der Waals surface area contributed by atoms with Crippen LogP contribution < -0.4 is 5.73 Å². The molecule has 0 radical (unpaired) electrons. The van der Waals surface area contributed by atoms with Crippen LogP contribution in [0, 0.1) is 0 Å². The van der Waals surface area contributed by atoms with E-state index >= 15 is 0 Å². The molecule has 1 aromatic heterocycles. The third-order valence-corrected chi connectivity index (χ3v) is 3.11. The summed E-state index contributed by atoms with van der Waals surface area (Å²) < 4.78 is 1.82. The molecule has 0 saturated carbocycles. The summed E-state index contributed by atoms with van der Waals surface area (Å²) in [5.74, 6) is 0. The van der Waals surface area contributed by atoms with E-state index in [1.54, 1.807) is 0 Å². The maximum atomic E-state index is 6.29. The SMILES string of the molecule is CCc1nn(C)cc1-c1ccc(CN)cc1Cl. The fraction of sp³-hybridized carbons (Fsp3) is 0.308. The number of nitrogens with two attached hydrogens (primary N) is 1. The summed E-state index contributed by atoms with van der Waals surface area (Å²) in [7, 11) is 1.92. The Labute approximate surface area is 106 Å². The van der Waals surface area contributed by atoms with Crippen LogP contribution in [0.1, 0.15) is 18.2 Å². The van der Waals surface area contributed by atoms with Crippen molar-refractivity contribution in [3.63, 3.8) is 0 Å². The Morgan fingerprint density at radius 3 is 2.71 bits per heavy atom. The van der Waals surface area contributed by atoms with E-state index in [0.29, 0.717) is 6.54 Å². The van der Waals surface area contributed by atoms with Gasteiger partial charge >= 0.3 is 0 Å². The molecule has 0 aliphatic carbocycles. The van der Waals surface area contributed by atoms with Crippen LogP contribution in [0.25, 0.3) is 11.1 Å². The summed E-state index contributed by atoms with van der Waals surface area (Å²) in [5.41, 5.74) is 9.82. The summed E-state index contributed by atoms with van der Waals surface area (Å²) in [6.07, 6.45) is 2.90. The summed E-state index contributed by atoms with van der Waals surface area (Å²) in [6, 6.07) is 5.94. The van der Waals surface area contributed by atoms with Gasteiger partial charge in [-0.05, 0) is 18.1 Å². The number of aryl methyl sites for hydroxylation is 2. The molecule has 0 aliphatic heterocycles.